The first-order valence-electron chi connectivity index (χ1n) is 34.6. The molecule has 12 aliphatic rings. The minimum Gasteiger partial charge on any atom is -0.453 e. The zero-order valence-electron chi connectivity index (χ0n) is 61.3. The average Bonchev–Trinajstić information content (AvgIpc) is 0.872. The Hall–Kier alpha value is -15.7. The summed E-state index contributed by atoms with van der Waals surface area (Å²) in [6.45, 7) is -1.60. The molecule has 0 radical (unpaired) electrons. The first-order chi connectivity index (χ1) is 56.2. The number of rotatable bonds is 24. The van der Waals surface area contributed by atoms with E-state index in [0.29, 0.717) is 60.8 Å². The van der Waals surface area contributed by atoms with Gasteiger partial charge < -0.3 is 28.4 Å². The number of carbonyl (C=O) groups is 26. The van der Waals surface area contributed by atoms with Crippen LogP contribution in [0, 0.1) is 0 Å². The predicted octanol–water partition coefficient (Wildman–Crippen LogP) is 3.20. The largest absolute Gasteiger partial charge is 0.453 e. The highest BCUT2D eigenvalue weighted by Crippen LogP contribution is 2.23. The second-order valence-corrected chi connectivity index (χ2v) is 24.8. The quantitative estimate of drug-likeness (QED) is 0.0440. The second-order valence-electron chi connectivity index (χ2n) is 24.8. The molecule has 0 atom stereocenters. The lowest BCUT2D eigenvalue weighted by molar-refractivity contribution is -0.162. The summed E-state index contributed by atoms with van der Waals surface area (Å²) in [7, 11) is 0. The Morgan fingerprint density at radius 1 is 0.203 bits per heavy atom. The molecule has 0 fully saturated rings. The standard InChI is InChI=1S/C15H8O8.C15H12O6.2C15H12O4.C13H8O6.C13H8O4/c16-8-1-3-12(18)10(5-8)14(20)22-7-23-15(21)11-6-9(17)2-4-13(11)19;16-12-1-3-14(18)10(5-12)7-20-9-21-8-11-6-13(17)2-4-15(11)19;2*16-12-4-6-14(18)10(8-12)2-1-3-11-9-13(17)5-7-15(11)19;14-8-1-3-10(16)12(5-8)18-7-19-13-6-9(15)2-4-11(13)17;14-10-1-3-12(16)8(6-10)5-9-7-11(15)2-4-13(9)17/h1-6H,7H2;1-6H,7-9H2;2*4-9H,1-3H2;1-6H,7H2;1-4,6-7H,5H2. The molecule has 596 valence electrons. The topological polar surface area (TPSA) is 499 Å². The zero-order valence-corrected chi connectivity index (χ0v) is 61.3. The number of ketones is 24. The second kappa shape index (κ2) is 43.9. The van der Waals surface area contributed by atoms with Gasteiger partial charge in [-0.25, -0.2) is 9.59 Å². The van der Waals surface area contributed by atoms with Crippen LogP contribution in [0.5, 0.6) is 0 Å². The Morgan fingerprint density at radius 2 is 0.415 bits per heavy atom. The van der Waals surface area contributed by atoms with E-state index in [1.54, 1.807) is 0 Å². The van der Waals surface area contributed by atoms with Crippen molar-refractivity contribution >= 4 is 151 Å². The Kier molecular flexibility index (Phi) is 33.3. The number of ether oxygens (including phenoxy) is 6. The molecule has 0 amide bonds. The lowest BCUT2D eigenvalue weighted by atomic mass is 9.92. The molecule has 0 aromatic rings. The van der Waals surface area contributed by atoms with E-state index in [2.05, 4.69) is 9.47 Å². The molecule has 12 rings (SSSR count). The van der Waals surface area contributed by atoms with Gasteiger partial charge in [0.05, 0.1) is 13.2 Å². The third-order valence-electron chi connectivity index (χ3n) is 16.1. The molecule has 0 saturated heterocycles. The zero-order chi connectivity index (χ0) is 86.1. The maximum absolute atomic E-state index is 11.6. The van der Waals surface area contributed by atoms with E-state index in [4.69, 9.17) is 18.9 Å². The van der Waals surface area contributed by atoms with Crippen LogP contribution in [0.2, 0.25) is 0 Å². The number of carbonyl (C=O) groups excluding carboxylic acids is 26. The fourth-order valence-electron chi connectivity index (χ4n) is 10.2. The lowest BCUT2D eigenvalue weighted by Crippen LogP contribution is -2.23. The molecule has 12 aliphatic carbocycles. The highest BCUT2D eigenvalue weighted by atomic mass is 16.7. The molecule has 0 bridgehead atoms. The van der Waals surface area contributed by atoms with Crippen molar-refractivity contribution in [2.45, 2.75) is 44.9 Å². The van der Waals surface area contributed by atoms with Crippen molar-refractivity contribution < 1.29 is 153 Å². The Balaban J connectivity index is 0.000000196. The van der Waals surface area contributed by atoms with Gasteiger partial charge in [-0.1, -0.05) is 0 Å². The molecule has 0 aromatic heterocycles. The van der Waals surface area contributed by atoms with E-state index in [0.717, 1.165) is 72.9 Å². The molecule has 0 saturated carbocycles. The lowest BCUT2D eigenvalue weighted by Gasteiger charge is -2.12. The van der Waals surface area contributed by atoms with E-state index in [1.807, 2.05) is 0 Å². The molecule has 32 nitrogen and oxygen atoms in total. The van der Waals surface area contributed by atoms with Crippen LogP contribution in [-0.2, 0) is 153 Å². The van der Waals surface area contributed by atoms with Crippen LogP contribution < -0.4 is 0 Å². The SMILES string of the molecule is O=C1C=CC(=O)C(C(=O)OCOC(=O)C2=CC(=O)C=CC2=O)=C1.O=C1C=CC(=O)C(CC2=CC(=O)C=CC2=O)=C1.O=C1C=CC(=O)C(CCCC2=CC(=O)C=CC2=O)=C1.O=C1C=CC(=O)C(CCCC2=CC(=O)C=CC2=O)=C1.O=C1C=CC(=O)C(COCOCC2=CC(=O)C=CC2=O)=C1.O=C1C=CC(=O)C(OCOC2=CC(=O)C=CC2=O)=C1. The summed E-state index contributed by atoms with van der Waals surface area (Å²) in [5, 5.41) is 0. The molecule has 32 heteroatoms. The summed E-state index contributed by atoms with van der Waals surface area (Å²) in [6, 6.07) is 0. The molecule has 0 unspecified atom stereocenters. The van der Waals surface area contributed by atoms with Crippen LogP contribution in [0.3, 0.4) is 0 Å². The van der Waals surface area contributed by atoms with Crippen molar-refractivity contribution in [1.82, 2.24) is 0 Å². The molecule has 0 aliphatic heterocycles. The van der Waals surface area contributed by atoms with Gasteiger partial charge in [0.15, 0.2) is 139 Å². The van der Waals surface area contributed by atoms with Gasteiger partial charge in [-0.2, -0.15) is 0 Å². The van der Waals surface area contributed by atoms with Crippen LogP contribution in [0.1, 0.15) is 44.9 Å². The fourth-order valence-corrected chi connectivity index (χ4v) is 10.2. The highest BCUT2D eigenvalue weighted by Gasteiger charge is 2.28. The summed E-state index contributed by atoms with van der Waals surface area (Å²) < 4.78 is 29.1. The van der Waals surface area contributed by atoms with E-state index in [-0.39, 0.29) is 164 Å². The van der Waals surface area contributed by atoms with E-state index in [1.165, 1.54) is 146 Å². The number of allylic oxidation sites excluding steroid dienone is 42. The van der Waals surface area contributed by atoms with Gasteiger partial charge in [-0.3, -0.25) is 115 Å². The maximum Gasteiger partial charge on any atom is 0.345 e. The monoisotopic (exact) mass is 1600 g/mol. The van der Waals surface area contributed by atoms with Crippen molar-refractivity contribution in [2.24, 2.45) is 0 Å². The number of esters is 2. The Labute approximate surface area is 665 Å². The van der Waals surface area contributed by atoms with Crippen molar-refractivity contribution in [3.8, 4) is 0 Å². The van der Waals surface area contributed by atoms with Crippen molar-refractivity contribution in [1.29, 1.82) is 0 Å². The normalized spacial score (nSPS) is 18.3. The van der Waals surface area contributed by atoms with Gasteiger partial charge in [0, 0.05) is 75.3 Å². The average molecular weight is 1610 g/mol. The minimum atomic E-state index is -1.15. The summed E-state index contributed by atoms with van der Waals surface area (Å²) in [6.07, 6.45) is 44.2. The highest BCUT2D eigenvalue weighted by molar-refractivity contribution is 6.31. The third-order valence-corrected chi connectivity index (χ3v) is 16.1. The van der Waals surface area contributed by atoms with Gasteiger partial charge in [0.1, 0.15) is 17.9 Å². The van der Waals surface area contributed by atoms with Crippen molar-refractivity contribution in [2.75, 3.05) is 33.6 Å². The minimum absolute atomic E-state index is 0.0177. The van der Waals surface area contributed by atoms with Gasteiger partial charge in [-0.05, 0) is 233 Å². The first-order valence-corrected chi connectivity index (χ1v) is 34.6. The van der Waals surface area contributed by atoms with Crippen LogP contribution in [0.15, 0.2) is 286 Å². The van der Waals surface area contributed by atoms with E-state index >= 15 is 0 Å². The van der Waals surface area contributed by atoms with Crippen LogP contribution in [0.4, 0.5) is 0 Å². The maximum atomic E-state index is 11.6. The summed E-state index contributed by atoms with van der Waals surface area (Å²) >= 11 is 0. The molecular weight excluding hydrogens is 1540 g/mol. The van der Waals surface area contributed by atoms with Gasteiger partial charge in [0.25, 0.3) is 0 Å². The molecule has 0 N–H and O–H groups in total. The summed E-state index contributed by atoms with van der Waals surface area (Å²) in [5.74, 6) is -10.6. The van der Waals surface area contributed by atoms with E-state index < -0.39 is 71.4 Å². The molecule has 0 heterocycles. The Bertz CT molecular complexity index is 4820. The number of hydrogen-bond acceptors (Lipinski definition) is 32. The van der Waals surface area contributed by atoms with Gasteiger partial charge >= 0.3 is 11.9 Å². The van der Waals surface area contributed by atoms with Crippen LogP contribution >= 0.6 is 0 Å². The third kappa shape index (κ3) is 29.1. The summed E-state index contributed by atoms with van der Waals surface area (Å²) in [4.78, 5) is 293. The van der Waals surface area contributed by atoms with Crippen LogP contribution in [0.25, 0.3) is 0 Å². The molecule has 0 aromatic carbocycles. The van der Waals surface area contributed by atoms with Crippen molar-refractivity contribution in [3.63, 3.8) is 0 Å². The van der Waals surface area contributed by atoms with Gasteiger partial charge in [-0.15, -0.1) is 0 Å². The Morgan fingerprint density at radius 3 is 0.695 bits per heavy atom. The first kappa shape index (κ1) is 89.5. The van der Waals surface area contributed by atoms with Crippen LogP contribution in [-0.4, -0.2) is 184 Å². The predicted molar refractivity (Wildman–Crippen MR) is 400 cm³/mol. The molecular formula is C86H60O32. The van der Waals surface area contributed by atoms with Crippen molar-refractivity contribution in [3.05, 3.63) is 286 Å². The fraction of sp³-hybridized carbons (Fsp3) is 0.140. The van der Waals surface area contributed by atoms with Gasteiger partial charge in [0.2, 0.25) is 25.2 Å². The van der Waals surface area contributed by atoms with E-state index in [9.17, 15) is 125 Å². The summed E-state index contributed by atoms with van der Waals surface area (Å²) in [5.41, 5.74) is 1.79. The molecule has 0 spiro atoms. The molecule has 118 heavy (non-hydrogen) atoms. The smallest absolute Gasteiger partial charge is 0.345 e. The number of hydrogen-bond donors (Lipinski definition) is 0.